The minimum atomic E-state index is -4.68. The summed E-state index contributed by atoms with van der Waals surface area (Å²) in [7, 11) is -4.68. The minimum absolute atomic E-state index is 0.138. The van der Waals surface area contributed by atoms with Crippen LogP contribution in [0.4, 0.5) is 17.6 Å². The van der Waals surface area contributed by atoms with Gasteiger partial charge in [0.1, 0.15) is 16.6 Å². The lowest BCUT2D eigenvalue weighted by Gasteiger charge is -2.07. The van der Waals surface area contributed by atoms with Gasteiger partial charge in [0.25, 0.3) is 6.43 Å². The van der Waals surface area contributed by atoms with Crippen molar-refractivity contribution in [1.82, 2.24) is 10.1 Å². The zero-order valence-electron chi connectivity index (χ0n) is 12.8. The van der Waals surface area contributed by atoms with E-state index in [0.29, 0.717) is 17.8 Å². The molecule has 0 aliphatic rings. The lowest BCUT2D eigenvalue weighted by Crippen LogP contribution is -2.16. The van der Waals surface area contributed by atoms with Crippen LogP contribution in [-0.2, 0) is 10.0 Å². The van der Waals surface area contributed by atoms with Gasteiger partial charge in [-0.05, 0) is 24.6 Å². The van der Waals surface area contributed by atoms with Crippen molar-refractivity contribution >= 4 is 21.4 Å². The van der Waals surface area contributed by atoms with Gasteiger partial charge in [-0.25, -0.2) is 36.1 Å². The van der Waals surface area contributed by atoms with Crippen molar-refractivity contribution < 1.29 is 30.5 Å². The van der Waals surface area contributed by atoms with E-state index < -0.39 is 38.7 Å². The molecule has 0 spiro atoms. The Balaban J connectivity index is 2.28. The molecule has 3 rings (SSSR count). The molecule has 0 saturated heterocycles. The van der Waals surface area contributed by atoms with E-state index in [9.17, 15) is 26.0 Å². The monoisotopic (exact) mass is 407 g/mol. The second-order valence-corrected chi connectivity index (χ2v) is 7.54. The maximum absolute atomic E-state index is 14.1. The fourth-order valence-corrected chi connectivity index (χ4v) is 3.76. The molecule has 2 aromatic heterocycles. The van der Waals surface area contributed by atoms with E-state index in [1.165, 1.54) is 0 Å². The number of sulfonamides is 1. The van der Waals surface area contributed by atoms with Crippen molar-refractivity contribution in [2.45, 2.75) is 18.2 Å². The van der Waals surface area contributed by atoms with E-state index >= 15 is 0 Å². The topological polar surface area (TPSA) is 99.1 Å². The number of halogens is 4. The molecule has 2 N–H and O–H groups in total. The highest BCUT2D eigenvalue weighted by Crippen LogP contribution is 2.41. The molecule has 2 heterocycles. The predicted molar refractivity (Wildman–Crippen MR) is 84.0 cm³/mol. The summed E-state index contributed by atoms with van der Waals surface area (Å²) in [5.41, 5.74) is -0.319. The number of hydrogen-bond acceptors (Lipinski definition) is 6. The van der Waals surface area contributed by atoms with Crippen LogP contribution in [0.25, 0.3) is 21.8 Å². The maximum Gasteiger partial charge on any atom is 0.298 e. The van der Waals surface area contributed by atoms with E-state index in [4.69, 9.17) is 5.14 Å². The summed E-state index contributed by atoms with van der Waals surface area (Å²) in [6.07, 6.45) is -3.13. The summed E-state index contributed by atoms with van der Waals surface area (Å²) in [6, 6.07) is 1.15. The Bertz CT molecular complexity index is 1070. The number of primary sulfonamides is 1. The zero-order chi connectivity index (χ0) is 19.2. The number of nitrogens with zero attached hydrogens (tertiary/aromatic N) is 2. The smallest absolute Gasteiger partial charge is 0.298 e. The van der Waals surface area contributed by atoms with Gasteiger partial charge in [-0.15, -0.1) is 11.3 Å². The van der Waals surface area contributed by atoms with Crippen LogP contribution in [0.2, 0.25) is 0 Å². The molecule has 0 aliphatic heterocycles. The van der Waals surface area contributed by atoms with Crippen LogP contribution >= 0.6 is 11.3 Å². The van der Waals surface area contributed by atoms with Gasteiger partial charge in [0.05, 0.1) is 5.56 Å². The third kappa shape index (κ3) is 3.22. The highest BCUT2D eigenvalue weighted by Gasteiger charge is 2.29. The SMILES string of the molecule is Cc1csc(-c2noc(C(F)F)c2-c2cc(F)c(S(N)(=O)=O)c(F)c2)n1. The molecule has 12 heteroatoms. The fourth-order valence-electron chi connectivity index (χ4n) is 2.32. The first-order valence-corrected chi connectivity index (χ1v) is 9.24. The first kappa shape index (κ1) is 18.5. The predicted octanol–water partition coefficient (Wildman–Crippen LogP) is 3.64. The largest absolute Gasteiger partial charge is 0.354 e. The quantitative estimate of drug-likeness (QED) is 0.666. The molecule has 0 unspecified atom stereocenters. The van der Waals surface area contributed by atoms with Crippen LogP contribution in [-0.4, -0.2) is 18.6 Å². The van der Waals surface area contributed by atoms with Crippen LogP contribution in [0.5, 0.6) is 0 Å². The third-order valence-corrected chi connectivity index (χ3v) is 5.24. The van der Waals surface area contributed by atoms with E-state index in [0.717, 1.165) is 11.3 Å². The van der Waals surface area contributed by atoms with Crippen LogP contribution in [0.1, 0.15) is 17.9 Å². The van der Waals surface area contributed by atoms with Crippen molar-refractivity contribution in [2.75, 3.05) is 0 Å². The van der Waals surface area contributed by atoms with Gasteiger partial charge in [0, 0.05) is 11.1 Å². The van der Waals surface area contributed by atoms with Crippen LogP contribution in [0.3, 0.4) is 0 Å². The average Bonchev–Trinajstić information content (AvgIpc) is 3.10. The second kappa shape index (κ2) is 6.45. The van der Waals surface area contributed by atoms with Gasteiger partial charge in [0.2, 0.25) is 15.8 Å². The standard InChI is InChI=1S/C14H9F4N3O3S2/c1-5-4-25-14(20-5)10-9(11(13(17)18)24-21-10)6-2-7(15)12(8(16)3-6)26(19,22)23/h2-4,13H,1H3,(H2,19,22,23). The summed E-state index contributed by atoms with van der Waals surface area (Å²) in [6.45, 7) is 1.66. The molecule has 0 saturated carbocycles. The average molecular weight is 407 g/mol. The van der Waals surface area contributed by atoms with Crippen molar-refractivity contribution in [1.29, 1.82) is 0 Å². The van der Waals surface area contributed by atoms with E-state index in [1.807, 2.05) is 0 Å². The van der Waals surface area contributed by atoms with Crippen molar-refractivity contribution in [2.24, 2.45) is 5.14 Å². The number of thiazole rings is 1. The molecule has 0 atom stereocenters. The Kier molecular flexibility index (Phi) is 4.58. The molecule has 26 heavy (non-hydrogen) atoms. The number of aryl methyl sites for hydroxylation is 1. The number of alkyl halides is 2. The summed E-state index contributed by atoms with van der Waals surface area (Å²) in [4.78, 5) is 2.73. The van der Waals surface area contributed by atoms with Crippen LogP contribution in [0, 0.1) is 18.6 Å². The molecule has 0 amide bonds. The number of aromatic nitrogens is 2. The van der Waals surface area contributed by atoms with Crippen LogP contribution < -0.4 is 5.14 Å². The van der Waals surface area contributed by atoms with Gasteiger partial charge in [-0.1, -0.05) is 5.16 Å². The molecule has 6 nitrogen and oxygen atoms in total. The van der Waals surface area contributed by atoms with Gasteiger partial charge in [-0.3, -0.25) is 0 Å². The molecule has 0 fully saturated rings. The first-order chi connectivity index (χ1) is 12.1. The van der Waals surface area contributed by atoms with Gasteiger partial charge < -0.3 is 4.52 Å². The van der Waals surface area contributed by atoms with E-state index in [2.05, 4.69) is 14.7 Å². The van der Waals surface area contributed by atoms with Gasteiger partial charge in [0.15, 0.2) is 10.6 Å². The summed E-state index contributed by atoms with van der Waals surface area (Å²) < 4.78 is 82.0. The maximum atomic E-state index is 14.1. The Labute approximate surface area is 148 Å². The molecule has 3 aromatic rings. The van der Waals surface area contributed by atoms with Crippen molar-refractivity contribution in [3.63, 3.8) is 0 Å². The molecule has 0 bridgehead atoms. The van der Waals surface area contributed by atoms with E-state index in [-0.39, 0.29) is 21.8 Å². The molecule has 0 radical (unpaired) electrons. The Hall–Kier alpha value is -2.31. The Morgan fingerprint density at radius 1 is 1.23 bits per heavy atom. The van der Waals surface area contributed by atoms with Gasteiger partial charge >= 0.3 is 0 Å². The molecule has 1 aromatic carbocycles. The zero-order valence-corrected chi connectivity index (χ0v) is 14.5. The summed E-state index contributed by atoms with van der Waals surface area (Å²) >= 11 is 1.07. The summed E-state index contributed by atoms with van der Waals surface area (Å²) in [5.74, 6) is -3.97. The fraction of sp³-hybridized carbons (Fsp3) is 0.143. The Morgan fingerprint density at radius 3 is 2.31 bits per heavy atom. The molecule has 0 aliphatic carbocycles. The highest BCUT2D eigenvalue weighted by molar-refractivity contribution is 7.89. The first-order valence-electron chi connectivity index (χ1n) is 6.82. The number of rotatable bonds is 4. The van der Waals surface area contributed by atoms with Crippen molar-refractivity contribution in [3.05, 3.63) is 40.6 Å². The summed E-state index contributed by atoms with van der Waals surface area (Å²) in [5, 5.41) is 10.1. The van der Waals surface area contributed by atoms with E-state index in [1.54, 1.807) is 12.3 Å². The number of benzene rings is 1. The molecular weight excluding hydrogens is 398 g/mol. The van der Waals surface area contributed by atoms with Crippen LogP contribution in [0.15, 0.2) is 26.9 Å². The van der Waals surface area contributed by atoms with Crippen molar-refractivity contribution in [3.8, 4) is 21.8 Å². The second-order valence-electron chi connectivity index (χ2n) is 5.18. The van der Waals surface area contributed by atoms with Gasteiger partial charge in [-0.2, -0.15) is 0 Å². The molecular formula is C14H9F4N3O3S2. The minimum Gasteiger partial charge on any atom is -0.354 e. The third-order valence-electron chi connectivity index (χ3n) is 3.31. The molecule has 138 valence electrons. The number of nitrogens with two attached hydrogens (primary N) is 1. The normalized spacial score (nSPS) is 12.1. The lowest BCUT2D eigenvalue weighted by molar-refractivity contribution is 0.113. The number of hydrogen-bond donors (Lipinski definition) is 1. The Morgan fingerprint density at radius 2 is 1.85 bits per heavy atom. The highest BCUT2D eigenvalue weighted by atomic mass is 32.2. The lowest BCUT2D eigenvalue weighted by atomic mass is 10.0.